The standard InChI is InChI=1S/C23H30N6/c24-18-12-10-16(11-13-18)15-29-22-20(21(28-29)17-6-2-1-3-7-17)14-25-23(27-22)26-19-8-4-5-9-19/h1-3,6-7,14,16,18-19H,4-5,8-13,15,24H2,(H,25,26,27). The van der Waals surface area contributed by atoms with E-state index in [-0.39, 0.29) is 0 Å². The normalized spacial score (nSPS) is 22.9. The van der Waals surface area contributed by atoms with E-state index < -0.39 is 0 Å². The molecule has 0 saturated heterocycles. The van der Waals surface area contributed by atoms with Crippen LogP contribution in [0.2, 0.25) is 0 Å². The number of hydrogen-bond acceptors (Lipinski definition) is 5. The SMILES string of the molecule is NC1CCC(Cn2nc(-c3ccccc3)c3cnc(NC4CCCC4)nc32)CC1. The largest absolute Gasteiger partial charge is 0.351 e. The van der Waals surface area contributed by atoms with Gasteiger partial charge in [-0.15, -0.1) is 0 Å². The van der Waals surface area contributed by atoms with Crippen LogP contribution < -0.4 is 11.1 Å². The molecule has 2 heterocycles. The maximum atomic E-state index is 6.11. The molecule has 0 spiro atoms. The zero-order chi connectivity index (χ0) is 19.6. The lowest BCUT2D eigenvalue weighted by molar-refractivity contribution is 0.288. The predicted octanol–water partition coefficient (Wildman–Crippen LogP) is 4.37. The molecule has 1 aromatic carbocycles. The van der Waals surface area contributed by atoms with Crippen molar-refractivity contribution in [3.8, 4) is 11.3 Å². The third kappa shape index (κ3) is 3.99. The minimum absolute atomic E-state index is 0.366. The van der Waals surface area contributed by atoms with Gasteiger partial charge in [0.05, 0.1) is 5.39 Å². The molecular formula is C23H30N6. The van der Waals surface area contributed by atoms with Crippen LogP contribution in [0.5, 0.6) is 0 Å². The Bertz CT molecular complexity index is 952. The molecule has 6 nitrogen and oxygen atoms in total. The summed E-state index contributed by atoms with van der Waals surface area (Å²) in [6.07, 6.45) is 11.5. The number of nitrogens with one attached hydrogen (secondary N) is 1. The number of benzene rings is 1. The average Bonchev–Trinajstić information content (AvgIpc) is 3.39. The van der Waals surface area contributed by atoms with E-state index in [1.807, 2.05) is 12.3 Å². The molecule has 3 N–H and O–H groups in total. The second kappa shape index (κ2) is 8.11. The van der Waals surface area contributed by atoms with Crippen molar-refractivity contribution in [1.82, 2.24) is 19.7 Å². The highest BCUT2D eigenvalue weighted by atomic mass is 15.3. The van der Waals surface area contributed by atoms with Crippen LogP contribution in [-0.4, -0.2) is 31.8 Å². The predicted molar refractivity (Wildman–Crippen MR) is 117 cm³/mol. The summed E-state index contributed by atoms with van der Waals surface area (Å²) in [6.45, 7) is 0.899. The van der Waals surface area contributed by atoms with Gasteiger partial charge in [0.1, 0.15) is 5.69 Å². The van der Waals surface area contributed by atoms with E-state index in [2.05, 4.69) is 39.2 Å². The highest BCUT2D eigenvalue weighted by Gasteiger charge is 2.23. The first-order valence-electron chi connectivity index (χ1n) is 11.1. The number of rotatable bonds is 5. The molecule has 152 valence electrons. The quantitative estimate of drug-likeness (QED) is 0.676. The maximum Gasteiger partial charge on any atom is 0.224 e. The highest BCUT2D eigenvalue weighted by Crippen LogP contribution is 2.30. The highest BCUT2D eigenvalue weighted by molar-refractivity contribution is 5.91. The zero-order valence-corrected chi connectivity index (χ0v) is 16.9. The van der Waals surface area contributed by atoms with E-state index in [4.69, 9.17) is 15.8 Å². The second-order valence-corrected chi connectivity index (χ2v) is 8.73. The number of anilines is 1. The van der Waals surface area contributed by atoms with Crippen LogP contribution in [0.25, 0.3) is 22.3 Å². The third-order valence-electron chi connectivity index (χ3n) is 6.55. The van der Waals surface area contributed by atoms with Gasteiger partial charge in [-0.05, 0) is 44.4 Å². The molecule has 2 aliphatic rings. The molecule has 3 aromatic rings. The summed E-state index contributed by atoms with van der Waals surface area (Å²) in [5, 5.41) is 9.57. The molecular weight excluding hydrogens is 360 g/mol. The van der Waals surface area contributed by atoms with Crippen molar-refractivity contribution in [1.29, 1.82) is 0 Å². The van der Waals surface area contributed by atoms with Crippen LogP contribution in [0, 0.1) is 5.92 Å². The van der Waals surface area contributed by atoms with Gasteiger partial charge in [0.25, 0.3) is 0 Å². The van der Waals surface area contributed by atoms with Crippen molar-refractivity contribution in [2.24, 2.45) is 11.7 Å². The Morgan fingerprint density at radius 2 is 1.76 bits per heavy atom. The molecule has 6 heteroatoms. The van der Waals surface area contributed by atoms with Gasteiger partial charge < -0.3 is 11.1 Å². The van der Waals surface area contributed by atoms with E-state index in [0.717, 1.165) is 47.6 Å². The fraction of sp³-hybridized carbons (Fsp3) is 0.522. The Kier molecular flexibility index (Phi) is 5.19. The van der Waals surface area contributed by atoms with Crippen LogP contribution in [0.1, 0.15) is 51.4 Å². The monoisotopic (exact) mass is 390 g/mol. The number of fused-ring (bicyclic) bond motifs is 1. The summed E-state index contributed by atoms with van der Waals surface area (Å²) in [5.41, 5.74) is 9.13. The van der Waals surface area contributed by atoms with Crippen molar-refractivity contribution in [3.63, 3.8) is 0 Å². The van der Waals surface area contributed by atoms with E-state index in [1.54, 1.807) is 0 Å². The van der Waals surface area contributed by atoms with Crippen LogP contribution in [0.3, 0.4) is 0 Å². The molecule has 0 radical (unpaired) electrons. The maximum absolute atomic E-state index is 6.11. The second-order valence-electron chi connectivity index (χ2n) is 8.73. The van der Waals surface area contributed by atoms with Gasteiger partial charge in [0, 0.05) is 30.4 Å². The Labute approximate surface area is 171 Å². The van der Waals surface area contributed by atoms with Crippen molar-refractivity contribution < 1.29 is 0 Å². The van der Waals surface area contributed by atoms with E-state index >= 15 is 0 Å². The number of nitrogens with zero attached hydrogens (tertiary/aromatic N) is 4. The molecule has 0 unspecified atom stereocenters. The van der Waals surface area contributed by atoms with Crippen molar-refractivity contribution >= 4 is 17.0 Å². The third-order valence-corrected chi connectivity index (χ3v) is 6.55. The summed E-state index contributed by atoms with van der Waals surface area (Å²) in [5.74, 6) is 1.35. The van der Waals surface area contributed by atoms with Crippen LogP contribution in [0.15, 0.2) is 36.5 Å². The van der Waals surface area contributed by atoms with Gasteiger partial charge in [-0.25, -0.2) is 9.67 Å². The van der Waals surface area contributed by atoms with Gasteiger partial charge in [-0.3, -0.25) is 0 Å². The van der Waals surface area contributed by atoms with Crippen molar-refractivity contribution in [3.05, 3.63) is 36.5 Å². The zero-order valence-electron chi connectivity index (χ0n) is 16.9. The van der Waals surface area contributed by atoms with E-state index in [9.17, 15) is 0 Å². The Morgan fingerprint density at radius 3 is 2.52 bits per heavy atom. The molecule has 2 saturated carbocycles. The Morgan fingerprint density at radius 1 is 1.00 bits per heavy atom. The Hall–Kier alpha value is -2.47. The van der Waals surface area contributed by atoms with Crippen molar-refractivity contribution in [2.45, 2.75) is 70.0 Å². The number of hydrogen-bond donors (Lipinski definition) is 2. The lowest BCUT2D eigenvalue weighted by atomic mass is 9.86. The number of nitrogens with two attached hydrogens (primary N) is 1. The Balaban J connectivity index is 1.50. The van der Waals surface area contributed by atoms with Crippen LogP contribution in [0.4, 0.5) is 5.95 Å². The fourth-order valence-electron chi connectivity index (χ4n) is 4.83. The summed E-state index contributed by atoms with van der Waals surface area (Å²) >= 11 is 0. The van der Waals surface area contributed by atoms with Gasteiger partial charge in [-0.2, -0.15) is 10.1 Å². The van der Waals surface area contributed by atoms with Crippen molar-refractivity contribution in [2.75, 3.05) is 5.32 Å². The smallest absolute Gasteiger partial charge is 0.224 e. The van der Waals surface area contributed by atoms with E-state index in [0.29, 0.717) is 18.0 Å². The minimum atomic E-state index is 0.366. The van der Waals surface area contributed by atoms with E-state index in [1.165, 1.54) is 38.5 Å². The minimum Gasteiger partial charge on any atom is -0.351 e. The first-order chi connectivity index (χ1) is 14.3. The molecule has 2 aliphatic carbocycles. The number of aromatic nitrogens is 4. The summed E-state index contributed by atoms with van der Waals surface area (Å²) in [6, 6.07) is 11.2. The first-order valence-corrected chi connectivity index (χ1v) is 11.1. The van der Waals surface area contributed by atoms with Gasteiger partial charge in [-0.1, -0.05) is 43.2 Å². The van der Waals surface area contributed by atoms with Gasteiger partial charge >= 0.3 is 0 Å². The van der Waals surface area contributed by atoms with Gasteiger partial charge in [0.2, 0.25) is 5.95 Å². The summed E-state index contributed by atoms with van der Waals surface area (Å²) < 4.78 is 2.11. The lowest BCUT2D eigenvalue weighted by Gasteiger charge is -2.25. The molecule has 2 fully saturated rings. The first kappa shape index (κ1) is 18.6. The fourth-order valence-corrected chi connectivity index (χ4v) is 4.83. The molecule has 5 rings (SSSR count). The topological polar surface area (TPSA) is 81.7 Å². The molecule has 0 bridgehead atoms. The molecule has 29 heavy (non-hydrogen) atoms. The molecule has 0 atom stereocenters. The molecule has 0 aliphatic heterocycles. The average molecular weight is 391 g/mol. The van der Waals surface area contributed by atoms with Gasteiger partial charge in [0.15, 0.2) is 5.65 Å². The molecule has 2 aromatic heterocycles. The lowest BCUT2D eigenvalue weighted by Crippen LogP contribution is -2.28. The summed E-state index contributed by atoms with van der Waals surface area (Å²) in [7, 11) is 0. The summed E-state index contributed by atoms with van der Waals surface area (Å²) in [4.78, 5) is 9.55. The molecule has 0 amide bonds. The van der Waals surface area contributed by atoms with Crippen LogP contribution in [-0.2, 0) is 6.54 Å². The van der Waals surface area contributed by atoms with Crippen LogP contribution >= 0.6 is 0 Å².